The summed E-state index contributed by atoms with van der Waals surface area (Å²) >= 11 is 5.70. The molecule has 1 aromatic carbocycles. The lowest BCUT2D eigenvalue weighted by molar-refractivity contribution is -0.115. The van der Waals surface area contributed by atoms with Gasteiger partial charge < -0.3 is 5.32 Å². The Labute approximate surface area is 114 Å². The van der Waals surface area contributed by atoms with Crippen LogP contribution in [0.2, 0.25) is 0 Å². The molecule has 6 heteroatoms. The Morgan fingerprint density at radius 1 is 1.32 bits per heavy atom. The molecule has 1 aromatic heterocycles. The zero-order valence-electron chi connectivity index (χ0n) is 10.1. The van der Waals surface area contributed by atoms with Gasteiger partial charge in [0.25, 0.3) is 11.8 Å². The molecule has 0 spiro atoms. The Bertz CT molecular complexity index is 693. The molecule has 1 aliphatic rings. The van der Waals surface area contributed by atoms with E-state index in [-0.39, 0.29) is 0 Å². The van der Waals surface area contributed by atoms with Crippen molar-refractivity contribution in [1.82, 2.24) is 9.78 Å². The molecule has 2 aromatic rings. The van der Waals surface area contributed by atoms with Crippen molar-refractivity contribution in [3.05, 3.63) is 35.9 Å². The predicted octanol–water partition coefficient (Wildman–Crippen LogP) is 2.06. The highest BCUT2D eigenvalue weighted by Gasteiger charge is 2.34. The van der Waals surface area contributed by atoms with E-state index in [4.69, 9.17) is 11.6 Å². The van der Waals surface area contributed by atoms with Gasteiger partial charge in [0.2, 0.25) is 0 Å². The van der Waals surface area contributed by atoms with E-state index in [1.807, 2.05) is 31.2 Å². The topological polar surface area (TPSA) is 64.0 Å². The monoisotopic (exact) mass is 275 g/mol. The van der Waals surface area contributed by atoms with Crippen LogP contribution in [0.15, 0.2) is 30.3 Å². The number of hydrogen-bond acceptors (Lipinski definition) is 3. The molecule has 3 rings (SSSR count). The van der Waals surface area contributed by atoms with Crippen LogP contribution < -0.4 is 5.32 Å². The summed E-state index contributed by atoms with van der Waals surface area (Å²) in [6.07, 6.45) is 0. The molecule has 0 saturated carbocycles. The number of benzene rings is 1. The first-order valence-corrected chi connectivity index (χ1v) is 6.16. The Hall–Kier alpha value is -2.14. The SMILES string of the molecule is Cc1cccc(-c2cc3n(n2)C(=O)C(Cl)C(=O)N3)c1. The van der Waals surface area contributed by atoms with Crippen LogP contribution in [0.5, 0.6) is 0 Å². The van der Waals surface area contributed by atoms with Crippen molar-refractivity contribution in [2.45, 2.75) is 12.3 Å². The van der Waals surface area contributed by atoms with Gasteiger partial charge in [-0.3, -0.25) is 9.59 Å². The summed E-state index contributed by atoms with van der Waals surface area (Å²) < 4.78 is 1.14. The number of anilines is 1. The highest BCUT2D eigenvalue weighted by molar-refractivity contribution is 6.44. The predicted molar refractivity (Wildman–Crippen MR) is 71.3 cm³/mol. The molecule has 0 bridgehead atoms. The van der Waals surface area contributed by atoms with E-state index >= 15 is 0 Å². The quantitative estimate of drug-likeness (QED) is 0.640. The van der Waals surface area contributed by atoms with Crippen LogP contribution in [0.4, 0.5) is 5.82 Å². The van der Waals surface area contributed by atoms with Gasteiger partial charge in [-0.2, -0.15) is 9.78 Å². The second-order valence-corrected chi connectivity index (χ2v) is 4.82. The Morgan fingerprint density at radius 3 is 2.84 bits per heavy atom. The highest BCUT2D eigenvalue weighted by atomic mass is 35.5. The van der Waals surface area contributed by atoms with Gasteiger partial charge in [0, 0.05) is 11.6 Å². The molecule has 1 unspecified atom stereocenters. The van der Waals surface area contributed by atoms with Crippen molar-refractivity contribution in [3.8, 4) is 11.3 Å². The molecule has 1 atom stereocenters. The fourth-order valence-corrected chi connectivity index (χ4v) is 2.14. The van der Waals surface area contributed by atoms with Crippen LogP contribution in [-0.4, -0.2) is 27.0 Å². The molecule has 0 aliphatic carbocycles. The molecule has 0 fully saturated rings. The molecule has 1 amide bonds. The minimum absolute atomic E-state index is 0.350. The van der Waals surface area contributed by atoms with Gasteiger partial charge in [-0.25, -0.2) is 0 Å². The number of halogens is 1. The van der Waals surface area contributed by atoms with E-state index in [1.165, 1.54) is 0 Å². The first-order chi connectivity index (χ1) is 9.06. The van der Waals surface area contributed by atoms with E-state index in [2.05, 4.69) is 10.4 Å². The van der Waals surface area contributed by atoms with E-state index in [0.717, 1.165) is 15.8 Å². The molecule has 5 nitrogen and oxygen atoms in total. The zero-order chi connectivity index (χ0) is 13.6. The lowest BCUT2D eigenvalue weighted by atomic mass is 10.1. The fraction of sp³-hybridized carbons (Fsp3) is 0.154. The number of carbonyl (C=O) groups excluding carboxylic acids is 2. The second-order valence-electron chi connectivity index (χ2n) is 4.39. The lowest BCUT2D eigenvalue weighted by Gasteiger charge is -2.16. The number of carbonyl (C=O) groups is 2. The average Bonchev–Trinajstić information content (AvgIpc) is 2.80. The Kier molecular flexibility index (Phi) is 2.64. The standard InChI is InChI=1S/C13H10ClN3O2/c1-7-3-2-4-8(5-7)9-6-10-15-12(18)11(14)13(19)17(10)16-9/h2-6,11H,1H3,(H,15,18). The Morgan fingerprint density at radius 2 is 2.11 bits per heavy atom. The van der Waals surface area contributed by atoms with E-state index in [9.17, 15) is 9.59 Å². The number of rotatable bonds is 1. The number of nitrogens with zero attached hydrogens (tertiary/aromatic N) is 2. The van der Waals surface area contributed by atoms with Crippen molar-refractivity contribution in [2.24, 2.45) is 0 Å². The number of alkyl halides is 1. The van der Waals surface area contributed by atoms with Crippen LogP contribution in [0.3, 0.4) is 0 Å². The molecule has 1 N–H and O–H groups in total. The molecular formula is C13H10ClN3O2. The fourth-order valence-electron chi connectivity index (χ4n) is 1.99. The van der Waals surface area contributed by atoms with Gasteiger partial charge in [-0.15, -0.1) is 11.6 Å². The molecule has 19 heavy (non-hydrogen) atoms. The van der Waals surface area contributed by atoms with Gasteiger partial charge in [0.05, 0.1) is 5.69 Å². The number of aryl methyl sites for hydroxylation is 1. The van der Waals surface area contributed by atoms with Gasteiger partial charge in [-0.1, -0.05) is 23.8 Å². The maximum atomic E-state index is 11.8. The van der Waals surface area contributed by atoms with E-state index in [0.29, 0.717) is 11.5 Å². The summed E-state index contributed by atoms with van der Waals surface area (Å²) in [6.45, 7) is 1.97. The van der Waals surface area contributed by atoms with Crippen LogP contribution in [0.25, 0.3) is 11.3 Å². The number of nitrogens with one attached hydrogen (secondary N) is 1. The van der Waals surface area contributed by atoms with E-state index < -0.39 is 17.2 Å². The molecule has 1 aliphatic heterocycles. The first kappa shape index (κ1) is 11.9. The minimum Gasteiger partial charge on any atom is -0.309 e. The maximum Gasteiger partial charge on any atom is 0.276 e. The minimum atomic E-state index is -1.22. The van der Waals surface area contributed by atoms with Crippen molar-refractivity contribution in [1.29, 1.82) is 0 Å². The number of fused-ring (bicyclic) bond motifs is 1. The lowest BCUT2D eigenvalue weighted by Crippen LogP contribution is -2.40. The van der Waals surface area contributed by atoms with Crippen LogP contribution in [-0.2, 0) is 4.79 Å². The highest BCUT2D eigenvalue weighted by Crippen LogP contribution is 2.26. The van der Waals surface area contributed by atoms with Crippen molar-refractivity contribution in [2.75, 3.05) is 5.32 Å². The van der Waals surface area contributed by atoms with Gasteiger partial charge in [0.1, 0.15) is 5.82 Å². The average molecular weight is 276 g/mol. The molecule has 0 radical (unpaired) electrons. The normalized spacial score (nSPS) is 18.1. The van der Waals surface area contributed by atoms with Crippen molar-refractivity contribution >= 4 is 29.2 Å². The molecule has 2 heterocycles. The molecular weight excluding hydrogens is 266 g/mol. The van der Waals surface area contributed by atoms with Crippen molar-refractivity contribution < 1.29 is 9.59 Å². The third kappa shape index (κ3) is 1.92. The number of hydrogen-bond donors (Lipinski definition) is 1. The second kappa shape index (κ2) is 4.20. The first-order valence-electron chi connectivity index (χ1n) is 5.72. The maximum absolute atomic E-state index is 11.8. The summed E-state index contributed by atoms with van der Waals surface area (Å²) in [7, 11) is 0. The third-order valence-corrected chi connectivity index (χ3v) is 3.32. The summed E-state index contributed by atoms with van der Waals surface area (Å²) in [6, 6.07) is 9.40. The summed E-state index contributed by atoms with van der Waals surface area (Å²) in [5.74, 6) is -0.697. The van der Waals surface area contributed by atoms with Crippen LogP contribution in [0.1, 0.15) is 10.4 Å². The smallest absolute Gasteiger partial charge is 0.276 e. The number of amides is 1. The zero-order valence-corrected chi connectivity index (χ0v) is 10.8. The largest absolute Gasteiger partial charge is 0.309 e. The summed E-state index contributed by atoms with van der Waals surface area (Å²) in [5, 5.41) is 5.53. The van der Waals surface area contributed by atoms with Gasteiger partial charge in [-0.05, 0) is 13.0 Å². The summed E-state index contributed by atoms with van der Waals surface area (Å²) in [4.78, 5) is 23.3. The van der Waals surface area contributed by atoms with Gasteiger partial charge in [0.15, 0.2) is 5.38 Å². The van der Waals surface area contributed by atoms with E-state index in [1.54, 1.807) is 6.07 Å². The van der Waals surface area contributed by atoms with Crippen LogP contribution >= 0.6 is 11.6 Å². The third-order valence-electron chi connectivity index (χ3n) is 2.93. The van der Waals surface area contributed by atoms with Crippen LogP contribution in [0, 0.1) is 6.92 Å². The van der Waals surface area contributed by atoms with Gasteiger partial charge >= 0.3 is 0 Å². The molecule has 0 saturated heterocycles. The van der Waals surface area contributed by atoms with Crippen molar-refractivity contribution in [3.63, 3.8) is 0 Å². The summed E-state index contributed by atoms with van der Waals surface area (Å²) in [5.41, 5.74) is 2.60. The molecule has 96 valence electrons. The Balaban J connectivity index is 2.09. The number of aromatic nitrogens is 2.